The number of piperazine rings is 1. The van der Waals surface area contributed by atoms with Crippen LogP contribution in [-0.2, 0) is 14.8 Å². The molecule has 1 aromatic heterocycles. The van der Waals surface area contributed by atoms with E-state index in [4.69, 9.17) is 0 Å². The lowest BCUT2D eigenvalue weighted by Crippen LogP contribution is -2.53. The number of thiophene rings is 1. The van der Waals surface area contributed by atoms with Gasteiger partial charge in [0.25, 0.3) is 10.0 Å². The van der Waals surface area contributed by atoms with E-state index in [1.807, 2.05) is 4.90 Å². The minimum Gasteiger partial charge on any atom is -0.339 e. The molecule has 134 valence electrons. The molecule has 0 aromatic carbocycles. The maximum atomic E-state index is 12.5. The van der Waals surface area contributed by atoms with Crippen molar-refractivity contribution in [2.75, 3.05) is 39.3 Å². The number of rotatable bonds is 4. The summed E-state index contributed by atoms with van der Waals surface area (Å²) in [6.45, 7) is 5.48. The van der Waals surface area contributed by atoms with Crippen LogP contribution < -0.4 is 0 Å². The van der Waals surface area contributed by atoms with Crippen LogP contribution in [-0.4, -0.2) is 73.7 Å². The molecule has 3 rings (SSSR count). The fraction of sp³-hybridized carbons (Fsp3) is 0.688. The quantitative estimate of drug-likeness (QED) is 0.804. The Morgan fingerprint density at radius 1 is 1.21 bits per heavy atom. The summed E-state index contributed by atoms with van der Waals surface area (Å²) in [5, 5.41) is 1.78. The summed E-state index contributed by atoms with van der Waals surface area (Å²) in [5.41, 5.74) is 0. The third-order valence-corrected chi connectivity index (χ3v) is 8.17. The van der Waals surface area contributed by atoms with Crippen molar-refractivity contribution in [3.05, 3.63) is 17.5 Å². The van der Waals surface area contributed by atoms with E-state index < -0.39 is 10.0 Å². The molecular formula is C16H25N3O3S2. The molecule has 0 saturated carbocycles. The highest BCUT2D eigenvalue weighted by molar-refractivity contribution is 7.91. The first-order chi connectivity index (χ1) is 11.5. The predicted octanol–water partition coefficient (Wildman–Crippen LogP) is 1.46. The Kier molecular flexibility index (Phi) is 5.59. The lowest BCUT2D eigenvalue weighted by atomic mass is 10.0. The Morgan fingerprint density at radius 2 is 1.96 bits per heavy atom. The second-order valence-corrected chi connectivity index (χ2v) is 9.66. The fourth-order valence-electron chi connectivity index (χ4n) is 3.42. The summed E-state index contributed by atoms with van der Waals surface area (Å²) in [6, 6.07) is 3.73. The van der Waals surface area contributed by atoms with Gasteiger partial charge in [0.1, 0.15) is 4.21 Å². The zero-order valence-electron chi connectivity index (χ0n) is 14.1. The van der Waals surface area contributed by atoms with Gasteiger partial charge in [-0.1, -0.05) is 6.07 Å². The van der Waals surface area contributed by atoms with E-state index in [1.54, 1.807) is 17.5 Å². The first kappa shape index (κ1) is 17.8. The number of sulfonamides is 1. The molecule has 1 atom stereocenters. The average Bonchev–Trinajstić information content (AvgIpc) is 3.11. The Bertz CT molecular complexity index is 652. The van der Waals surface area contributed by atoms with Gasteiger partial charge >= 0.3 is 0 Å². The number of nitrogens with zero attached hydrogens (tertiary/aromatic N) is 3. The van der Waals surface area contributed by atoms with Gasteiger partial charge in [0.15, 0.2) is 0 Å². The first-order valence-electron chi connectivity index (χ1n) is 8.54. The van der Waals surface area contributed by atoms with Crippen molar-refractivity contribution in [2.45, 2.75) is 36.4 Å². The summed E-state index contributed by atoms with van der Waals surface area (Å²) in [6.07, 6.45) is 3.37. The van der Waals surface area contributed by atoms with Crippen LogP contribution in [0.4, 0.5) is 0 Å². The first-order valence-corrected chi connectivity index (χ1v) is 10.9. The van der Waals surface area contributed by atoms with Gasteiger partial charge in [-0.25, -0.2) is 8.42 Å². The highest BCUT2D eigenvalue weighted by Crippen LogP contribution is 2.22. The molecule has 2 fully saturated rings. The van der Waals surface area contributed by atoms with Crippen LogP contribution in [0.25, 0.3) is 0 Å². The molecule has 8 heteroatoms. The van der Waals surface area contributed by atoms with E-state index in [0.29, 0.717) is 43.0 Å². The maximum Gasteiger partial charge on any atom is 0.252 e. The number of carbonyl (C=O) groups is 1. The van der Waals surface area contributed by atoms with Crippen LogP contribution in [0.2, 0.25) is 0 Å². The lowest BCUT2D eigenvalue weighted by Gasteiger charge is -2.37. The van der Waals surface area contributed by atoms with Crippen molar-refractivity contribution in [3.63, 3.8) is 0 Å². The molecule has 0 spiro atoms. The Labute approximate surface area is 148 Å². The number of likely N-dealkylation sites (tertiary alicyclic amines) is 1. The number of piperidine rings is 1. The van der Waals surface area contributed by atoms with Gasteiger partial charge in [-0.2, -0.15) is 4.31 Å². The van der Waals surface area contributed by atoms with E-state index >= 15 is 0 Å². The highest BCUT2D eigenvalue weighted by atomic mass is 32.2. The highest BCUT2D eigenvalue weighted by Gasteiger charge is 2.31. The molecule has 1 aromatic rings. The van der Waals surface area contributed by atoms with Crippen molar-refractivity contribution in [2.24, 2.45) is 0 Å². The summed E-state index contributed by atoms with van der Waals surface area (Å²) >= 11 is 1.25. The molecule has 2 aliphatic heterocycles. The molecule has 24 heavy (non-hydrogen) atoms. The van der Waals surface area contributed by atoms with Gasteiger partial charge in [0.05, 0.1) is 6.54 Å². The monoisotopic (exact) mass is 371 g/mol. The van der Waals surface area contributed by atoms with Crippen LogP contribution in [0.3, 0.4) is 0 Å². The van der Waals surface area contributed by atoms with Crippen molar-refractivity contribution in [1.82, 2.24) is 14.1 Å². The van der Waals surface area contributed by atoms with E-state index in [2.05, 4.69) is 11.8 Å². The van der Waals surface area contributed by atoms with Crippen LogP contribution >= 0.6 is 11.3 Å². The summed E-state index contributed by atoms with van der Waals surface area (Å²) in [7, 11) is -3.37. The van der Waals surface area contributed by atoms with Crippen LogP contribution in [0, 0.1) is 0 Å². The van der Waals surface area contributed by atoms with E-state index in [-0.39, 0.29) is 5.91 Å². The third-order valence-electron chi connectivity index (χ3n) is 4.90. The zero-order valence-corrected chi connectivity index (χ0v) is 15.7. The minimum atomic E-state index is -3.37. The Balaban J connectivity index is 1.53. The molecule has 1 amide bonds. The molecule has 0 bridgehead atoms. The number of hydrogen-bond donors (Lipinski definition) is 0. The minimum absolute atomic E-state index is 0.178. The molecule has 2 aliphatic rings. The van der Waals surface area contributed by atoms with Gasteiger partial charge in [0.2, 0.25) is 5.91 Å². The zero-order chi connectivity index (χ0) is 17.2. The van der Waals surface area contributed by atoms with Gasteiger partial charge in [-0.05, 0) is 37.6 Å². The van der Waals surface area contributed by atoms with Gasteiger partial charge in [-0.15, -0.1) is 11.3 Å². The SMILES string of the molecule is C[C@H]1CCCCN1C(=O)CN1CCN(S(=O)(=O)c2cccs2)CC1. The Morgan fingerprint density at radius 3 is 2.58 bits per heavy atom. The number of carbonyl (C=O) groups excluding carboxylic acids is 1. The van der Waals surface area contributed by atoms with Crippen LogP contribution in [0.15, 0.2) is 21.7 Å². The van der Waals surface area contributed by atoms with Gasteiger partial charge < -0.3 is 4.90 Å². The number of hydrogen-bond acceptors (Lipinski definition) is 5. The second kappa shape index (κ2) is 7.51. The van der Waals surface area contributed by atoms with E-state index in [0.717, 1.165) is 19.4 Å². The van der Waals surface area contributed by atoms with Crippen LogP contribution in [0.5, 0.6) is 0 Å². The normalized spacial score (nSPS) is 24.2. The molecule has 0 radical (unpaired) electrons. The van der Waals surface area contributed by atoms with Crippen molar-refractivity contribution >= 4 is 27.3 Å². The van der Waals surface area contributed by atoms with Gasteiger partial charge in [0, 0.05) is 38.8 Å². The maximum absolute atomic E-state index is 12.5. The van der Waals surface area contributed by atoms with E-state index in [9.17, 15) is 13.2 Å². The molecule has 3 heterocycles. The summed E-state index contributed by atoms with van der Waals surface area (Å²) in [4.78, 5) is 16.6. The third kappa shape index (κ3) is 3.82. The molecule has 0 aliphatic carbocycles. The smallest absolute Gasteiger partial charge is 0.252 e. The summed E-state index contributed by atoms with van der Waals surface area (Å²) in [5.74, 6) is 0.178. The fourth-order valence-corrected chi connectivity index (χ4v) is 5.98. The largest absolute Gasteiger partial charge is 0.339 e. The van der Waals surface area contributed by atoms with Crippen molar-refractivity contribution in [1.29, 1.82) is 0 Å². The summed E-state index contributed by atoms with van der Waals surface area (Å²) < 4.78 is 26.9. The number of amides is 1. The van der Waals surface area contributed by atoms with Crippen molar-refractivity contribution < 1.29 is 13.2 Å². The van der Waals surface area contributed by atoms with Gasteiger partial charge in [-0.3, -0.25) is 9.69 Å². The molecular weight excluding hydrogens is 346 g/mol. The Hall–Kier alpha value is -0.960. The molecule has 6 nitrogen and oxygen atoms in total. The lowest BCUT2D eigenvalue weighted by molar-refractivity contribution is -0.135. The molecule has 0 N–H and O–H groups in total. The van der Waals surface area contributed by atoms with Crippen molar-refractivity contribution in [3.8, 4) is 0 Å². The average molecular weight is 372 g/mol. The standard InChI is InChI=1S/C16H25N3O3S2/c1-14-5-2-3-7-19(14)15(20)13-17-8-10-18(11-9-17)24(21,22)16-6-4-12-23-16/h4,6,12,14H,2-3,5,7-11,13H2,1H3/t14-/m0/s1. The van der Waals surface area contributed by atoms with E-state index in [1.165, 1.54) is 22.1 Å². The second-order valence-electron chi connectivity index (χ2n) is 6.54. The van der Waals surface area contributed by atoms with Crippen LogP contribution in [0.1, 0.15) is 26.2 Å². The predicted molar refractivity (Wildman–Crippen MR) is 94.5 cm³/mol. The molecule has 2 saturated heterocycles. The topological polar surface area (TPSA) is 60.9 Å². The molecule has 0 unspecified atom stereocenters.